The predicted octanol–water partition coefficient (Wildman–Crippen LogP) is 3.53. The van der Waals surface area contributed by atoms with Crippen molar-refractivity contribution >= 4 is 35.0 Å². The van der Waals surface area contributed by atoms with Crippen molar-refractivity contribution in [3.8, 4) is 0 Å². The van der Waals surface area contributed by atoms with E-state index in [0.29, 0.717) is 6.54 Å². The van der Waals surface area contributed by atoms with Crippen molar-refractivity contribution in [3.63, 3.8) is 0 Å². The fraction of sp³-hybridized carbons (Fsp3) is 0.200. The van der Waals surface area contributed by atoms with E-state index >= 15 is 0 Å². The molecule has 1 fully saturated rings. The van der Waals surface area contributed by atoms with Gasteiger partial charge in [0.15, 0.2) is 0 Å². The number of thioether (sulfide) groups is 1. The molecule has 0 aliphatic carbocycles. The van der Waals surface area contributed by atoms with Crippen LogP contribution in [0.15, 0.2) is 42.7 Å². The highest BCUT2D eigenvalue weighted by molar-refractivity contribution is 7.99. The first-order chi connectivity index (χ1) is 11.1. The number of nitro groups is 1. The largest absolute Gasteiger partial charge is 0.322 e. The molecule has 8 heteroatoms. The van der Waals surface area contributed by atoms with Gasteiger partial charge < -0.3 is 4.90 Å². The zero-order valence-electron chi connectivity index (χ0n) is 11.9. The van der Waals surface area contributed by atoms with Crippen LogP contribution in [0, 0.1) is 10.1 Å². The monoisotopic (exact) mass is 349 g/mol. The average molecular weight is 350 g/mol. The highest BCUT2D eigenvalue weighted by atomic mass is 35.5. The molecule has 23 heavy (non-hydrogen) atoms. The third-order valence-corrected chi connectivity index (χ3v) is 5.11. The van der Waals surface area contributed by atoms with E-state index in [1.807, 2.05) is 12.1 Å². The van der Waals surface area contributed by atoms with Gasteiger partial charge >= 0.3 is 0 Å². The summed E-state index contributed by atoms with van der Waals surface area (Å²) in [7, 11) is 0. The van der Waals surface area contributed by atoms with Gasteiger partial charge in [0, 0.05) is 36.3 Å². The Labute approximate surface area is 141 Å². The van der Waals surface area contributed by atoms with Crippen LogP contribution in [0.3, 0.4) is 0 Å². The molecule has 0 radical (unpaired) electrons. The molecular formula is C15H12ClN3O3S. The lowest BCUT2D eigenvalue weighted by molar-refractivity contribution is -0.384. The molecule has 1 aliphatic rings. The van der Waals surface area contributed by atoms with Crippen LogP contribution in [0.1, 0.15) is 21.3 Å². The van der Waals surface area contributed by atoms with E-state index in [0.717, 1.165) is 11.3 Å². The highest BCUT2D eigenvalue weighted by Crippen LogP contribution is 2.39. The number of amides is 1. The predicted molar refractivity (Wildman–Crippen MR) is 88.6 cm³/mol. The molecule has 0 bridgehead atoms. The fourth-order valence-electron chi connectivity index (χ4n) is 2.43. The molecule has 1 atom stereocenters. The summed E-state index contributed by atoms with van der Waals surface area (Å²) in [6.07, 6.45) is 3.37. The second-order valence-electron chi connectivity index (χ2n) is 4.93. The van der Waals surface area contributed by atoms with E-state index < -0.39 is 4.92 Å². The standard InChI is InChI=1S/C15H12ClN3O3S/c16-12-2-1-11(9-13(12)19(21)22)14(20)18-7-8-23-15(18)10-3-5-17-6-4-10/h1-6,9,15H,7-8H2. The summed E-state index contributed by atoms with van der Waals surface area (Å²) in [5.74, 6) is 0.575. The number of hydrogen-bond acceptors (Lipinski definition) is 5. The van der Waals surface area contributed by atoms with Crippen LogP contribution in [-0.2, 0) is 0 Å². The normalized spacial score (nSPS) is 17.3. The van der Waals surface area contributed by atoms with E-state index in [1.54, 1.807) is 29.1 Å². The average Bonchev–Trinajstić information content (AvgIpc) is 3.04. The van der Waals surface area contributed by atoms with Crippen LogP contribution in [-0.4, -0.2) is 33.0 Å². The number of benzene rings is 1. The van der Waals surface area contributed by atoms with E-state index in [-0.39, 0.29) is 27.6 Å². The maximum atomic E-state index is 12.7. The second kappa shape index (κ2) is 6.55. The van der Waals surface area contributed by atoms with Crippen molar-refractivity contribution in [1.82, 2.24) is 9.88 Å². The molecule has 1 unspecified atom stereocenters. The minimum absolute atomic E-state index is 0.0213. The van der Waals surface area contributed by atoms with Gasteiger partial charge in [0.1, 0.15) is 10.4 Å². The Bertz CT molecular complexity index is 757. The number of pyridine rings is 1. The van der Waals surface area contributed by atoms with Gasteiger partial charge in [0.05, 0.1) is 4.92 Å². The van der Waals surface area contributed by atoms with Crippen molar-refractivity contribution in [3.05, 3.63) is 69.0 Å². The van der Waals surface area contributed by atoms with Crippen molar-refractivity contribution in [2.75, 3.05) is 12.3 Å². The zero-order valence-corrected chi connectivity index (χ0v) is 13.5. The summed E-state index contributed by atoms with van der Waals surface area (Å²) in [5.41, 5.74) is 0.992. The Hall–Kier alpha value is -2.12. The minimum atomic E-state index is -0.585. The number of nitrogens with zero attached hydrogens (tertiary/aromatic N) is 3. The molecule has 1 saturated heterocycles. The molecule has 0 spiro atoms. The van der Waals surface area contributed by atoms with Crippen molar-refractivity contribution in [2.45, 2.75) is 5.37 Å². The first-order valence-electron chi connectivity index (χ1n) is 6.84. The smallest absolute Gasteiger partial charge is 0.288 e. The van der Waals surface area contributed by atoms with Gasteiger partial charge in [-0.3, -0.25) is 19.9 Å². The molecule has 0 N–H and O–H groups in total. The molecule has 3 rings (SSSR count). The molecule has 1 amide bonds. The Morgan fingerprint density at radius 1 is 1.35 bits per heavy atom. The summed E-state index contributed by atoms with van der Waals surface area (Å²) in [5, 5.41) is 10.9. The zero-order chi connectivity index (χ0) is 16.4. The van der Waals surface area contributed by atoms with Gasteiger partial charge in [-0.1, -0.05) is 11.6 Å². The number of carbonyl (C=O) groups is 1. The van der Waals surface area contributed by atoms with Crippen LogP contribution < -0.4 is 0 Å². The molecule has 118 valence electrons. The lowest BCUT2D eigenvalue weighted by Crippen LogP contribution is -2.30. The lowest BCUT2D eigenvalue weighted by Gasteiger charge is -2.24. The van der Waals surface area contributed by atoms with E-state index in [4.69, 9.17) is 11.6 Å². The maximum absolute atomic E-state index is 12.7. The van der Waals surface area contributed by atoms with Crippen LogP contribution in [0.4, 0.5) is 5.69 Å². The van der Waals surface area contributed by atoms with Gasteiger partial charge in [-0.25, -0.2) is 0 Å². The summed E-state index contributed by atoms with van der Waals surface area (Å²) in [4.78, 5) is 28.9. The topological polar surface area (TPSA) is 76.3 Å². The molecule has 2 heterocycles. The van der Waals surface area contributed by atoms with Gasteiger partial charge in [0.2, 0.25) is 0 Å². The van der Waals surface area contributed by atoms with Crippen molar-refractivity contribution in [1.29, 1.82) is 0 Å². The summed E-state index contributed by atoms with van der Waals surface area (Å²) >= 11 is 7.46. The maximum Gasteiger partial charge on any atom is 0.288 e. The summed E-state index contributed by atoms with van der Waals surface area (Å²) < 4.78 is 0. The van der Waals surface area contributed by atoms with Gasteiger partial charge in [0.25, 0.3) is 11.6 Å². The molecule has 1 aliphatic heterocycles. The molecular weight excluding hydrogens is 338 g/mol. The number of halogens is 1. The molecule has 0 saturated carbocycles. The third kappa shape index (κ3) is 3.16. The molecule has 1 aromatic carbocycles. The SMILES string of the molecule is O=C(c1ccc(Cl)c([N+](=O)[O-])c1)N1CCSC1c1ccncc1. The number of rotatable bonds is 3. The Kier molecular flexibility index (Phi) is 4.49. The van der Waals surface area contributed by atoms with Gasteiger partial charge in [-0.15, -0.1) is 11.8 Å². The molecule has 2 aromatic rings. The van der Waals surface area contributed by atoms with Crippen LogP contribution in [0.25, 0.3) is 0 Å². The number of aromatic nitrogens is 1. The van der Waals surface area contributed by atoms with Crippen molar-refractivity contribution in [2.24, 2.45) is 0 Å². The van der Waals surface area contributed by atoms with Crippen LogP contribution in [0.5, 0.6) is 0 Å². The minimum Gasteiger partial charge on any atom is -0.322 e. The van der Waals surface area contributed by atoms with Crippen LogP contribution in [0.2, 0.25) is 5.02 Å². The molecule has 6 nitrogen and oxygen atoms in total. The van der Waals surface area contributed by atoms with Crippen molar-refractivity contribution < 1.29 is 9.72 Å². The quantitative estimate of drug-likeness (QED) is 0.625. The Morgan fingerprint density at radius 2 is 2.09 bits per heavy atom. The number of carbonyl (C=O) groups excluding carboxylic acids is 1. The number of nitro benzene ring substituents is 1. The summed E-state index contributed by atoms with van der Waals surface area (Å²) in [6.45, 7) is 0.590. The van der Waals surface area contributed by atoms with Gasteiger partial charge in [-0.05, 0) is 29.8 Å². The number of hydrogen-bond donors (Lipinski definition) is 0. The highest BCUT2D eigenvalue weighted by Gasteiger charge is 2.32. The Balaban J connectivity index is 1.91. The molecule has 1 aromatic heterocycles. The van der Waals surface area contributed by atoms with Gasteiger partial charge in [-0.2, -0.15) is 0 Å². The van der Waals surface area contributed by atoms with E-state index in [9.17, 15) is 14.9 Å². The fourth-order valence-corrected chi connectivity index (χ4v) is 3.88. The first-order valence-corrected chi connectivity index (χ1v) is 8.27. The first kappa shape index (κ1) is 15.8. The summed E-state index contributed by atoms with van der Waals surface area (Å²) in [6, 6.07) is 7.88. The van der Waals surface area contributed by atoms with E-state index in [2.05, 4.69) is 4.98 Å². The third-order valence-electron chi connectivity index (χ3n) is 3.53. The van der Waals surface area contributed by atoms with E-state index in [1.165, 1.54) is 18.2 Å². The lowest BCUT2D eigenvalue weighted by atomic mass is 10.1. The second-order valence-corrected chi connectivity index (χ2v) is 6.52. The van der Waals surface area contributed by atoms with Crippen LogP contribution >= 0.6 is 23.4 Å². The Morgan fingerprint density at radius 3 is 2.78 bits per heavy atom.